The van der Waals surface area contributed by atoms with Crippen LogP contribution in [0.3, 0.4) is 0 Å². The average molecular weight is 264 g/mol. The molecule has 2 aliphatic heterocycles. The third-order valence-electron chi connectivity index (χ3n) is 3.84. The van der Waals surface area contributed by atoms with E-state index in [1.54, 1.807) is 0 Å². The number of hydrazine groups is 1. The first-order valence-corrected chi connectivity index (χ1v) is 6.25. The number of benzene rings is 1. The summed E-state index contributed by atoms with van der Waals surface area (Å²) in [5.41, 5.74) is 2.52. The molecule has 1 fully saturated rings. The molecule has 0 unspecified atom stereocenters. The van der Waals surface area contributed by atoms with Crippen LogP contribution in [-0.2, 0) is 14.9 Å². The fraction of sp³-hybridized carbons (Fsp3) is 0.462. The summed E-state index contributed by atoms with van der Waals surface area (Å²) in [7, 11) is 0. The summed E-state index contributed by atoms with van der Waals surface area (Å²) in [5.74, 6) is 6.54. The lowest BCUT2D eigenvalue weighted by Gasteiger charge is -2.35. The van der Waals surface area contributed by atoms with Gasteiger partial charge in [0.25, 0.3) is 0 Å². The molecule has 0 spiro atoms. The number of nitrogens with one attached hydrogen (secondary N) is 1. The van der Waals surface area contributed by atoms with Crippen LogP contribution in [-0.4, -0.2) is 25.9 Å². The number of carbonyl (C=O) groups excluding carboxylic acids is 1. The smallest absolute Gasteiger partial charge is 0.244 e. The summed E-state index contributed by atoms with van der Waals surface area (Å²) in [4.78, 5) is 12.2. The Morgan fingerprint density at radius 2 is 1.95 bits per heavy atom. The van der Waals surface area contributed by atoms with E-state index in [1.807, 2.05) is 18.2 Å². The molecule has 6 nitrogen and oxygen atoms in total. The van der Waals surface area contributed by atoms with E-state index in [9.17, 15) is 4.79 Å². The molecule has 19 heavy (non-hydrogen) atoms. The number of hydrogen-bond donors (Lipinski definition) is 2. The molecule has 1 aromatic carbocycles. The van der Waals surface area contributed by atoms with E-state index >= 15 is 0 Å². The summed E-state index contributed by atoms with van der Waals surface area (Å²) in [6.45, 7) is 1.31. The van der Waals surface area contributed by atoms with E-state index < -0.39 is 5.41 Å². The van der Waals surface area contributed by atoms with Gasteiger partial charge in [-0.15, -0.1) is 0 Å². The van der Waals surface area contributed by atoms with E-state index in [2.05, 4.69) is 5.43 Å². The van der Waals surface area contributed by atoms with E-state index in [4.69, 9.17) is 20.1 Å². The number of ether oxygens (including phenoxy) is 3. The molecule has 1 saturated heterocycles. The van der Waals surface area contributed by atoms with Crippen molar-refractivity contribution >= 4 is 5.91 Å². The summed E-state index contributed by atoms with van der Waals surface area (Å²) in [5, 5.41) is 0. The van der Waals surface area contributed by atoms with Crippen molar-refractivity contribution in [2.75, 3.05) is 20.0 Å². The van der Waals surface area contributed by atoms with Gasteiger partial charge in [-0.3, -0.25) is 10.2 Å². The van der Waals surface area contributed by atoms with Crippen LogP contribution in [0.4, 0.5) is 0 Å². The van der Waals surface area contributed by atoms with Gasteiger partial charge < -0.3 is 14.2 Å². The Balaban J connectivity index is 2.02. The van der Waals surface area contributed by atoms with Crippen LogP contribution in [0.1, 0.15) is 18.4 Å². The minimum atomic E-state index is -0.645. The summed E-state index contributed by atoms with van der Waals surface area (Å²) < 4.78 is 16.0. The standard InChI is InChI=1S/C13H16N2O4/c14-15-12(16)13(3-5-17-6-4-13)9-1-2-10-11(7-9)19-8-18-10/h1-2,7H,3-6,8,14H2,(H,15,16). The summed E-state index contributed by atoms with van der Waals surface area (Å²) >= 11 is 0. The molecule has 0 bridgehead atoms. The lowest BCUT2D eigenvalue weighted by atomic mass is 9.73. The molecule has 3 N–H and O–H groups in total. The molecule has 0 saturated carbocycles. The molecule has 0 aromatic heterocycles. The Morgan fingerprint density at radius 1 is 1.21 bits per heavy atom. The fourth-order valence-corrected chi connectivity index (χ4v) is 2.70. The Kier molecular flexibility index (Phi) is 3.04. The third-order valence-corrected chi connectivity index (χ3v) is 3.84. The van der Waals surface area contributed by atoms with Crippen molar-refractivity contribution in [1.82, 2.24) is 5.43 Å². The van der Waals surface area contributed by atoms with E-state index in [1.165, 1.54) is 0 Å². The van der Waals surface area contributed by atoms with Crippen molar-refractivity contribution in [2.24, 2.45) is 5.84 Å². The zero-order chi connectivity index (χ0) is 13.3. The highest BCUT2D eigenvalue weighted by Gasteiger charge is 2.42. The van der Waals surface area contributed by atoms with Crippen LogP contribution < -0.4 is 20.7 Å². The van der Waals surface area contributed by atoms with Gasteiger partial charge in [-0.1, -0.05) is 6.07 Å². The van der Waals surface area contributed by atoms with Crippen LogP contribution in [0.2, 0.25) is 0 Å². The molecule has 102 valence electrons. The van der Waals surface area contributed by atoms with Gasteiger partial charge in [-0.2, -0.15) is 0 Å². The maximum atomic E-state index is 12.2. The first-order chi connectivity index (χ1) is 9.26. The van der Waals surface area contributed by atoms with Crippen LogP contribution in [0.25, 0.3) is 0 Å². The van der Waals surface area contributed by atoms with Crippen molar-refractivity contribution in [3.63, 3.8) is 0 Å². The van der Waals surface area contributed by atoms with Crippen LogP contribution in [0.5, 0.6) is 11.5 Å². The molecule has 1 aromatic rings. The van der Waals surface area contributed by atoms with Gasteiger partial charge in [0.15, 0.2) is 11.5 Å². The number of nitrogens with two attached hydrogens (primary N) is 1. The van der Waals surface area contributed by atoms with Crippen LogP contribution in [0.15, 0.2) is 18.2 Å². The molecular weight excluding hydrogens is 248 g/mol. The number of amides is 1. The number of fused-ring (bicyclic) bond motifs is 1. The highest BCUT2D eigenvalue weighted by atomic mass is 16.7. The van der Waals surface area contributed by atoms with Crippen LogP contribution in [0, 0.1) is 0 Å². The Bertz CT molecular complexity index is 497. The Labute approximate surface area is 110 Å². The molecule has 6 heteroatoms. The quantitative estimate of drug-likeness (QED) is 0.460. The van der Waals surface area contributed by atoms with Crippen LogP contribution >= 0.6 is 0 Å². The molecule has 0 atom stereocenters. The van der Waals surface area contributed by atoms with Crippen molar-refractivity contribution in [3.05, 3.63) is 23.8 Å². The van der Waals surface area contributed by atoms with Gasteiger partial charge in [0, 0.05) is 13.2 Å². The Morgan fingerprint density at radius 3 is 2.68 bits per heavy atom. The minimum Gasteiger partial charge on any atom is -0.454 e. The molecular formula is C13H16N2O4. The van der Waals surface area contributed by atoms with Gasteiger partial charge in [0.2, 0.25) is 12.7 Å². The lowest BCUT2D eigenvalue weighted by Crippen LogP contribution is -2.50. The predicted octanol–water partition coefficient (Wildman–Crippen LogP) is 0.453. The normalized spacial score (nSPS) is 20.1. The monoisotopic (exact) mass is 264 g/mol. The highest BCUT2D eigenvalue weighted by molar-refractivity contribution is 5.88. The maximum Gasteiger partial charge on any atom is 0.244 e. The molecule has 1 amide bonds. The van der Waals surface area contributed by atoms with Gasteiger partial charge in [0.05, 0.1) is 5.41 Å². The number of carbonyl (C=O) groups is 1. The van der Waals surface area contributed by atoms with Crippen molar-refractivity contribution in [2.45, 2.75) is 18.3 Å². The van der Waals surface area contributed by atoms with Crippen molar-refractivity contribution in [3.8, 4) is 11.5 Å². The third kappa shape index (κ3) is 1.93. The minimum absolute atomic E-state index is 0.185. The maximum absolute atomic E-state index is 12.2. The lowest BCUT2D eigenvalue weighted by molar-refractivity contribution is -0.130. The Hall–Kier alpha value is -1.79. The van der Waals surface area contributed by atoms with Gasteiger partial charge in [-0.05, 0) is 30.5 Å². The van der Waals surface area contributed by atoms with Gasteiger partial charge in [0.1, 0.15) is 0 Å². The topological polar surface area (TPSA) is 82.8 Å². The first kappa shape index (κ1) is 12.3. The second-order valence-electron chi connectivity index (χ2n) is 4.74. The van der Waals surface area contributed by atoms with E-state index in [-0.39, 0.29) is 12.7 Å². The molecule has 0 radical (unpaired) electrons. The molecule has 2 heterocycles. The summed E-state index contributed by atoms with van der Waals surface area (Å²) in [6, 6.07) is 5.59. The number of hydrogen-bond acceptors (Lipinski definition) is 5. The van der Waals surface area contributed by atoms with Gasteiger partial charge in [-0.25, -0.2) is 5.84 Å². The molecule has 0 aliphatic carbocycles. The summed E-state index contributed by atoms with van der Waals surface area (Å²) in [6.07, 6.45) is 1.21. The molecule has 2 aliphatic rings. The SMILES string of the molecule is NNC(=O)C1(c2ccc3c(c2)OCO3)CCOCC1. The van der Waals surface area contributed by atoms with Crippen molar-refractivity contribution < 1.29 is 19.0 Å². The van der Waals surface area contributed by atoms with E-state index in [0.717, 1.165) is 5.56 Å². The highest BCUT2D eigenvalue weighted by Crippen LogP contribution is 2.40. The molecule has 3 rings (SSSR count). The number of rotatable bonds is 2. The second kappa shape index (κ2) is 4.71. The predicted molar refractivity (Wildman–Crippen MR) is 66.6 cm³/mol. The fourth-order valence-electron chi connectivity index (χ4n) is 2.70. The van der Waals surface area contributed by atoms with Crippen molar-refractivity contribution in [1.29, 1.82) is 0 Å². The zero-order valence-corrected chi connectivity index (χ0v) is 10.5. The average Bonchev–Trinajstić information content (AvgIpc) is 2.94. The first-order valence-electron chi connectivity index (χ1n) is 6.25. The largest absolute Gasteiger partial charge is 0.454 e. The zero-order valence-electron chi connectivity index (χ0n) is 10.5. The van der Waals surface area contributed by atoms with Gasteiger partial charge >= 0.3 is 0 Å². The second-order valence-corrected chi connectivity index (χ2v) is 4.74. The van der Waals surface area contributed by atoms with E-state index in [0.29, 0.717) is 37.6 Å².